The quantitative estimate of drug-likeness (QED) is 0.594. The molecule has 0 aliphatic heterocycles. The fourth-order valence-electron chi connectivity index (χ4n) is 1.69. The lowest BCUT2D eigenvalue weighted by Gasteiger charge is -2.00. The molecule has 0 amide bonds. The molecule has 0 unspecified atom stereocenters. The molecule has 15 heavy (non-hydrogen) atoms. The molecule has 1 heterocycles. The largest absolute Gasteiger partial charge is 0.432 e. The Morgan fingerprint density at radius 2 is 1.80 bits per heavy atom. The number of aromatic nitrogens is 1. The summed E-state index contributed by atoms with van der Waals surface area (Å²) in [6, 6.07) is 16.0. The van der Waals surface area contributed by atoms with Crippen molar-refractivity contribution in [1.29, 1.82) is 0 Å². The molecule has 3 aromatic rings. The summed E-state index contributed by atoms with van der Waals surface area (Å²) < 4.78 is 5.14. The Morgan fingerprint density at radius 1 is 0.933 bits per heavy atom. The highest BCUT2D eigenvalue weighted by atomic mass is 16.3. The first-order valence-corrected chi connectivity index (χ1v) is 4.76. The summed E-state index contributed by atoms with van der Waals surface area (Å²) in [4.78, 5) is 4.10. The SMILES string of the molecule is [c]1nc2c(-c3ccccc3)cccc2o1. The van der Waals surface area contributed by atoms with Crippen LogP contribution in [0.1, 0.15) is 0 Å². The molecule has 1 aromatic heterocycles. The van der Waals surface area contributed by atoms with Gasteiger partial charge in [-0.05, 0) is 11.6 Å². The number of oxazole rings is 1. The van der Waals surface area contributed by atoms with Gasteiger partial charge in [-0.3, -0.25) is 0 Å². The second kappa shape index (κ2) is 3.24. The van der Waals surface area contributed by atoms with Gasteiger partial charge < -0.3 is 4.42 Å². The lowest BCUT2D eigenvalue weighted by molar-refractivity contribution is 0.591. The van der Waals surface area contributed by atoms with E-state index in [1.54, 1.807) is 0 Å². The van der Waals surface area contributed by atoms with E-state index in [-0.39, 0.29) is 0 Å². The Bertz CT molecular complexity index is 584. The number of rotatable bonds is 1. The fraction of sp³-hybridized carbons (Fsp3) is 0. The maximum absolute atomic E-state index is 5.14. The lowest BCUT2D eigenvalue weighted by Crippen LogP contribution is -1.78. The molecular weight excluding hydrogens is 186 g/mol. The number of hydrogen-bond donors (Lipinski definition) is 0. The molecule has 0 spiro atoms. The summed E-state index contributed by atoms with van der Waals surface area (Å²) in [5.41, 5.74) is 3.86. The molecule has 2 aromatic carbocycles. The maximum atomic E-state index is 5.14. The highest BCUT2D eigenvalue weighted by Gasteiger charge is 2.06. The first-order valence-electron chi connectivity index (χ1n) is 4.76. The minimum Gasteiger partial charge on any atom is -0.432 e. The van der Waals surface area contributed by atoms with Crippen LogP contribution < -0.4 is 0 Å². The van der Waals surface area contributed by atoms with E-state index in [4.69, 9.17) is 4.42 Å². The Hall–Kier alpha value is -2.09. The third-order valence-electron chi connectivity index (χ3n) is 2.40. The van der Waals surface area contributed by atoms with E-state index in [1.165, 1.54) is 0 Å². The van der Waals surface area contributed by atoms with Crippen molar-refractivity contribution in [2.45, 2.75) is 0 Å². The number of fused-ring (bicyclic) bond motifs is 1. The van der Waals surface area contributed by atoms with Crippen LogP contribution in [-0.2, 0) is 0 Å². The predicted molar refractivity (Wildman–Crippen MR) is 58.3 cm³/mol. The highest BCUT2D eigenvalue weighted by Crippen LogP contribution is 2.26. The van der Waals surface area contributed by atoms with Gasteiger partial charge in [0.2, 0.25) is 0 Å². The molecule has 2 nitrogen and oxygen atoms in total. The molecule has 71 valence electrons. The van der Waals surface area contributed by atoms with Crippen LogP contribution in [0.25, 0.3) is 22.2 Å². The van der Waals surface area contributed by atoms with Crippen LogP contribution in [-0.4, -0.2) is 4.98 Å². The van der Waals surface area contributed by atoms with E-state index < -0.39 is 0 Å². The van der Waals surface area contributed by atoms with Crippen LogP contribution >= 0.6 is 0 Å². The van der Waals surface area contributed by atoms with E-state index >= 15 is 0 Å². The Kier molecular flexibility index (Phi) is 1.78. The van der Waals surface area contributed by atoms with Crippen LogP contribution in [0.2, 0.25) is 0 Å². The van der Waals surface area contributed by atoms with Crippen molar-refractivity contribution in [3.63, 3.8) is 0 Å². The minimum atomic E-state index is 0.774. The van der Waals surface area contributed by atoms with Crippen molar-refractivity contribution in [2.75, 3.05) is 0 Å². The van der Waals surface area contributed by atoms with Gasteiger partial charge in [0.1, 0.15) is 5.52 Å². The molecule has 3 rings (SSSR count). The molecular formula is C13H8NO. The molecule has 0 aliphatic carbocycles. The number of benzene rings is 2. The van der Waals surface area contributed by atoms with E-state index in [0.29, 0.717) is 0 Å². The zero-order valence-electron chi connectivity index (χ0n) is 7.97. The van der Waals surface area contributed by atoms with Gasteiger partial charge in [-0.25, -0.2) is 4.98 Å². The van der Waals surface area contributed by atoms with Crippen molar-refractivity contribution >= 4 is 11.1 Å². The zero-order chi connectivity index (χ0) is 10.1. The molecule has 0 aliphatic rings. The van der Waals surface area contributed by atoms with Gasteiger partial charge >= 0.3 is 0 Å². The van der Waals surface area contributed by atoms with Gasteiger partial charge in [-0.1, -0.05) is 42.5 Å². The number of nitrogens with zero attached hydrogens (tertiary/aromatic N) is 1. The second-order valence-electron chi connectivity index (χ2n) is 3.32. The summed E-state index contributed by atoms with van der Waals surface area (Å²) in [5, 5.41) is 0. The van der Waals surface area contributed by atoms with E-state index in [9.17, 15) is 0 Å². The monoisotopic (exact) mass is 194 g/mol. The van der Waals surface area contributed by atoms with E-state index in [0.717, 1.165) is 22.2 Å². The molecule has 0 saturated carbocycles. The topological polar surface area (TPSA) is 26.0 Å². The highest BCUT2D eigenvalue weighted by molar-refractivity contribution is 5.90. The van der Waals surface area contributed by atoms with Crippen molar-refractivity contribution in [2.24, 2.45) is 0 Å². The van der Waals surface area contributed by atoms with E-state index in [2.05, 4.69) is 23.5 Å². The third kappa shape index (κ3) is 1.31. The first kappa shape index (κ1) is 8.24. The first-order chi connectivity index (χ1) is 7.45. The standard InChI is InChI=1S/C13H8NO/c1-2-5-10(6-3-1)11-7-4-8-12-13(11)14-9-15-12/h1-8H. The van der Waals surface area contributed by atoms with Crippen molar-refractivity contribution in [1.82, 2.24) is 4.98 Å². The Morgan fingerprint density at radius 3 is 2.67 bits per heavy atom. The summed E-state index contributed by atoms with van der Waals surface area (Å²) in [6.45, 7) is 0. The van der Waals surface area contributed by atoms with Gasteiger partial charge in [0.15, 0.2) is 5.58 Å². The van der Waals surface area contributed by atoms with Crippen LogP contribution in [0.15, 0.2) is 52.9 Å². The minimum absolute atomic E-state index is 0.774. The molecule has 0 bridgehead atoms. The van der Waals surface area contributed by atoms with Gasteiger partial charge in [0.25, 0.3) is 6.39 Å². The smallest absolute Gasteiger partial charge is 0.284 e. The summed E-state index contributed by atoms with van der Waals surface area (Å²) in [6.07, 6.45) is 2.52. The molecule has 0 N–H and O–H groups in total. The number of hydrogen-bond acceptors (Lipinski definition) is 2. The Labute approximate surface area is 87.2 Å². The summed E-state index contributed by atoms with van der Waals surface area (Å²) >= 11 is 0. The maximum Gasteiger partial charge on any atom is 0.284 e. The van der Waals surface area contributed by atoms with Gasteiger partial charge in [-0.2, -0.15) is 0 Å². The summed E-state index contributed by atoms with van der Waals surface area (Å²) in [7, 11) is 0. The molecule has 2 heteroatoms. The predicted octanol–water partition coefficient (Wildman–Crippen LogP) is 3.29. The van der Waals surface area contributed by atoms with Gasteiger partial charge in [-0.15, -0.1) is 0 Å². The van der Waals surface area contributed by atoms with Crippen molar-refractivity contribution in [3.05, 3.63) is 54.9 Å². The average Bonchev–Trinajstić information content (AvgIpc) is 2.78. The van der Waals surface area contributed by atoms with Crippen LogP contribution in [0.3, 0.4) is 0 Å². The third-order valence-corrected chi connectivity index (χ3v) is 2.40. The molecule has 0 saturated heterocycles. The fourth-order valence-corrected chi connectivity index (χ4v) is 1.69. The molecule has 1 radical (unpaired) electrons. The number of para-hydroxylation sites is 1. The van der Waals surface area contributed by atoms with Gasteiger partial charge in [0.05, 0.1) is 0 Å². The second-order valence-corrected chi connectivity index (χ2v) is 3.32. The van der Waals surface area contributed by atoms with Crippen molar-refractivity contribution in [3.8, 4) is 11.1 Å². The Balaban J connectivity index is 2.31. The molecule has 0 fully saturated rings. The average molecular weight is 194 g/mol. The van der Waals surface area contributed by atoms with Crippen LogP contribution in [0, 0.1) is 6.39 Å². The zero-order valence-corrected chi connectivity index (χ0v) is 7.97. The summed E-state index contributed by atoms with van der Waals surface area (Å²) in [5.74, 6) is 0. The van der Waals surface area contributed by atoms with Crippen LogP contribution in [0.5, 0.6) is 0 Å². The van der Waals surface area contributed by atoms with Crippen molar-refractivity contribution < 1.29 is 4.42 Å². The van der Waals surface area contributed by atoms with Gasteiger partial charge in [0, 0.05) is 5.56 Å². The van der Waals surface area contributed by atoms with Crippen LogP contribution in [0.4, 0.5) is 0 Å². The normalized spacial score (nSPS) is 10.7. The molecule has 0 atom stereocenters. The van der Waals surface area contributed by atoms with E-state index in [1.807, 2.05) is 36.4 Å². The lowest BCUT2D eigenvalue weighted by atomic mass is 10.0.